The molecule has 140 valence electrons. The monoisotopic (exact) mass is 384 g/mol. The van der Waals surface area contributed by atoms with E-state index >= 15 is 0 Å². The third-order valence-electron chi connectivity index (χ3n) is 4.24. The molecule has 0 radical (unpaired) electrons. The maximum Gasteiger partial charge on any atom is 0.586 e. The van der Waals surface area contributed by atoms with Crippen molar-refractivity contribution >= 4 is 11.3 Å². The molecule has 0 unspecified atom stereocenters. The van der Waals surface area contributed by atoms with Crippen molar-refractivity contribution in [3.8, 4) is 22.6 Å². The number of alkyl halides is 2. The summed E-state index contributed by atoms with van der Waals surface area (Å²) in [7, 11) is 0. The van der Waals surface area contributed by atoms with Gasteiger partial charge in [-0.05, 0) is 39.1 Å². The number of halogens is 2. The van der Waals surface area contributed by atoms with Gasteiger partial charge >= 0.3 is 6.29 Å². The van der Waals surface area contributed by atoms with Gasteiger partial charge in [-0.3, -0.25) is 9.78 Å². The van der Waals surface area contributed by atoms with Crippen LogP contribution in [0.2, 0.25) is 0 Å². The summed E-state index contributed by atoms with van der Waals surface area (Å²) in [4.78, 5) is 18.9. The molecule has 1 aliphatic rings. The Labute approximate surface area is 154 Å². The molecule has 8 nitrogen and oxygen atoms in total. The van der Waals surface area contributed by atoms with Crippen LogP contribution in [0.4, 0.5) is 8.78 Å². The van der Waals surface area contributed by atoms with Gasteiger partial charge in [0.2, 0.25) is 11.3 Å². The van der Waals surface area contributed by atoms with Crippen molar-refractivity contribution in [2.24, 2.45) is 0 Å². The Balaban J connectivity index is 1.47. The molecule has 28 heavy (non-hydrogen) atoms. The van der Waals surface area contributed by atoms with Gasteiger partial charge in [-0.1, -0.05) is 30.3 Å². The molecule has 0 atom stereocenters. The minimum Gasteiger partial charge on any atom is -0.395 e. The van der Waals surface area contributed by atoms with Gasteiger partial charge in [0.25, 0.3) is 5.56 Å². The second kappa shape index (κ2) is 5.84. The highest BCUT2D eigenvalue weighted by Gasteiger charge is 2.43. The highest BCUT2D eigenvalue weighted by molar-refractivity contribution is 5.68. The number of nitrogens with zero attached hydrogens (tertiary/aromatic N) is 3. The molecule has 1 aliphatic heterocycles. The van der Waals surface area contributed by atoms with Crippen LogP contribution in [0.1, 0.15) is 11.3 Å². The summed E-state index contributed by atoms with van der Waals surface area (Å²) < 4.78 is 39.9. The predicted molar refractivity (Wildman–Crippen MR) is 91.1 cm³/mol. The van der Waals surface area contributed by atoms with E-state index in [0.717, 1.165) is 11.1 Å². The Morgan fingerprint density at radius 1 is 1.00 bits per heavy atom. The number of H-pyrrole nitrogens is 1. The molecule has 2 aromatic carbocycles. The SMILES string of the molecule is O=c1[nH]c2nonc2nc1Cc1cccc(-c2ccc3c(c2)OC(F)(F)O3)c1. The molecule has 1 N–H and O–H groups in total. The van der Waals surface area contributed by atoms with Crippen LogP contribution in [0.25, 0.3) is 22.4 Å². The van der Waals surface area contributed by atoms with E-state index in [9.17, 15) is 13.6 Å². The van der Waals surface area contributed by atoms with Crippen LogP contribution in [0.5, 0.6) is 11.5 Å². The molecular formula is C18H10F2N4O4. The van der Waals surface area contributed by atoms with Gasteiger partial charge in [-0.15, -0.1) is 8.78 Å². The van der Waals surface area contributed by atoms with Crippen molar-refractivity contribution in [1.82, 2.24) is 20.3 Å². The van der Waals surface area contributed by atoms with E-state index in [-0.39, 0.29) is 40.5 Å². The van der Waals surface area contributed by atoms with E-state index in [2.05, 4.69) is 34.4 Å². The van der Waals surface area contributed by atoms with Crippen LogP contribution in [0.3, 0.4) is 0 Å². The van der Waals surface area contributed by atoms with E-state index in [0.29, 0.717) is 5.56 Å². The first kappa shape index (κ1) is 16.4. The van der Waals surface area contributed by atoms with Crippen LogP contribution < -0.4 is 15.0 Å². The van der Waals surface area contributed by atoms with Gasteiger partial charge in [-0.2, -0.15) is 0 Å². The van der Waals surface area contributed by atoms with Gasteiger partial charge < -0.3 is 9.47 Å². The minimum atomic E-state index is -3.66. The van der Waals surface area contributed by atoms with Gasteiger partial charge in [-0.25, -0.2) is 9.61 Å². The van der Waals surface area contributed by atoms with Crippen LogP contribution in [0, 0.1) is 0 Å². The quantitative estimate of drug-likeness (QED) is 0.579. The predicted octanol–water partition coefficient (Wildman–Crippen LogP) is 2.89. The Hall–Kier alpha value is -3.82. The van der Waals surface area contributed by atoms with Crippen molar-refractivity contribution in [2.75, 3.05) is 0 Å². The van der Waals surface area contributed by atoms with Crippen molar-refractivity contribution in [2.45, 2.75) is 12.7 Å². The van der Waals surface area contributed by atoms with Crippen LogP contribution in [0.15, 0.2) is 51.9 Å². The fourth-order valence-electron chi connectivity index (χ4n) is 3.00. The Bertz CT molecular complexity index is 1270. The Morgan fingerprint density at radius 2 is 1.82 bits per heavy atom. The minimum absolute atomic E-state index is 0.0184. The zero-order chi connectivity index (χ0) is 19.3. The lowest BCUT2D eigenvalue weighted by molar-refractivity contribution is -0.286. The fraction of sp³-hybridized carbons (Fsp3) is 0.111. The van der Waals surface area contributed by atoms with E-state index < -0.39 is 6.29 Å². The Morgan fingerprint density at radius 3 is 2.71 bits per heavy atom. The Kier molecular flexibility index (Phi) is 3.41. The fourth-order valence-corrected chi connectivity index (χ4v) is 3.00. The number of fused-ring (bicyclic) bond motifs is 2. The van der Waals surface area contributed by atoms with Crippen molar-refractivity contribution in [3.63, 3.8) is 0 Å². The molecule has 2 aromatic heterocycles. The second-order valence-electron chi connectivity index (χ2n) is 6.16. The third kappa shape index (κ3) is 2.84. The molecule has 3 heterocycles. The third-order valence-corrected chi connectivity index (χ3v) is 4.24. The van der Waals surface area contributed by atoms with Gasteiger partial charge in [0, 0.05) is 6.42 Å². The molecule has 0 aliphatic carbocycles. The van der Waals surface area contributed by atoms with E-state index in [1.165, 1.54) is 12.1 Å². The molecule has 0 saturated heterocycles. The second-order valence-corrected chi connectivity index (χ2v) is 6.16. The molecule has 10 heteroatoms. The molecule has 0 saturated carbocycles. The van der Waals surface area contributed by atoms with Crippen LogP contribution in [-0.4, -0.2) is 26.6 Å². The first-order valence-corrected chi connectivity index (χ1v) is 8.17. The highest BCUT2D eigenvalue weighted by Crippen LogP contribution is 2.42. The lowest BCUT2D eigenvalue weighted by atomic mass is 10.0. The molecule has 5 rings (SSSR count). The van der Waals surface area contributed by atoms with Crippen LogP contribution in [-0.2, 0) is 6.42 Å². The summed E-state index contributed by atoms with van der Waals surface area (Å²) in [5.41, 5.74) is 2.49. The molecule has 0 fully saturated rings. The molecule has 0 bridgehead atoms. The van der Waals surface area contributed by atoms with E-state index in [1.54, 1.807) is 12.1 Å². The van der Waals surface area contributed by atoms with Crippen molar-refractivity contribution in [1.29, 1.82) is 0 Å². The number of hydrogen-bond donors (Lipinski definition) is 1. The van der Waals surface area contributed by atoms with E-state index in [1.807, 2.05) is 18.2 Å². The normalized spacial score (nSPS) is 14.5. The number of aromatic nitrogens is 4. The first-order chi connectivity index (χ1) is 13.5. The smallest absolute Gasteiger partial charge is 0.395 e. The summed E-state index contributed by atoms with van der Waals surface area (Å²) in [6.45, 7) is 0. The summed E-state index contributed by atoms with van der Waals surface area (Å²) in [6.07, 6.45) is -3.42. The lowest BCUT2D eigenvalue weighted by Crippen LogP contribution is -2.25. The number of rotatable bonds is 3. The summed E-state index contributed by atoms with van der Waals surface area (Å²) in [5.74, 6) is -0.0508. The molecular weight excluding hydrogens is 374 g/mol. The number of hydrogen-bond acceptors (Lipinski definition) is 7. The van der Waals surface area contributed by atoms with Crippen molar-refractivity contribution in [3.05, 3.63) is 64.1 Å². The van der Waals surface area contributed by atoms with E-state index in [4.69, 9.17) is 0 Å². The van der Waals surface area contributed by atoms with Crippen LogP contribution >= 0.6 is 0 Å². The number of nitrogens with one attached hydrogen (secondary N) is 1. The lowest BCUT2D eigenvalue weighted by Gasteiger charge is -2.06. The first-order valence-electron chi connectivity index (χ1n) is 8.17. The summed E-state index contributed by atoms with van der Waals surface area (Å²) in [6, 6.07) is 11.8. The largest absolute Gasteiger partial charge is 0.586 e. The van der Waals surface area contributed by atoms with Gasteiger partial charge in [0.15, 0.2) is 11.5 Å². The molecule has 4 aromatic rings. The topological polar surface area (TPSA) is 103 Å². The summed E-state index contributed by atoms with van der Waals surface area (Å²) >= 11 is 0. The summed E-state index contributed by atoms with van der Waals surface area (Å²) in [5, 5.41) is 7.16. The average molecular weight is 384 g/mol. The van der Waals surface area contributed by atoms with Crippen molar-refractivity contribution < 1.29 is 22.9 Å². The standard InChI is InChI=1S/C18H10F2N4O4/c19-18(20)26-13-5-4-11(8-14(13)27-18)10-3-1-2-9(6-10)7-12-17(25)22-16-15(21-12)23-28-24-16/h1-6,8H,7H2,(H,22,24,25). The number of aromatic amines is 1. The zero-order valence-corrected chi connectivity index (χ0v) is 14.0. The highest BCUT2D eigenvalue weighted by atomic mass is 19.3. The maximum absolute atomic E-state index is 13.2. The molecule has 0 amide bonds. The average Bonchev–Trinajstić information content (AvgIpc) is 3.23. The number of ether oxygens (including phenoxy) is 2. The zero-order valence-electron chi connectivity index (χ0n) is 14.0. The maximum atomic E-state index is 13.2. The number of benzene rings is 2. The van der Waals surface area contributed by atoms with Gasteiger partial charge in [0.1, 0.15) is 5.69 Å². The molecule has 0 spiro atoms. The van der Waals surface area contributed by atoms with Gasteiger partial charge in [0.05, 0.1) is 0 Å².